The van der Waals surface area contributed by atoms with E-state index in [0.717, 1.165) is 44.5 Å². The van der Waals surface area contributed by atoms with Gasteiger partial charge in [0.1, 0.15) is 12.7 Å². The zero-order valence-electron chi connectivity index (χ0n) is 16.8. The SMILES string of the molecule is Cc1c(CCN2CCC(OC(=O)NC(C)(C)C)CC2)ccc2c1COC2=O. The van der Waals surface area contributed by atoms with Crippen LogP contribution in [0, 0.1) is 6.92 Å². The summed E-state index contributed by atoms with van der Waals surface area (Å²) in [5.41, 5.74) is 3.92. The fourth-order valence-electron chi connectivity index (χ4n) is 3.69. The molecule has 27 heavy (non-hydrogen) atoms. The molecule has 1 aromatic rings. The Labute approximate surface area is 161 Å². The van der Waals surface area contributed by atoms with E-state index in [-0.39, 0.29) is 23.7 Å². The van der Waals surface area contributed by atoms with Gasteiger partial charge in [-0.05, 0) is 64.2 Å². The molecule has 6 nitrogen and oxygen atoms in total. The monoisotopic (exact) mass is 374 g/mol. The van der Waals surface area contributed by atoms with Crippen LogP contribution in [0.15, 0.2) is 12.1 Å². The Balaban J connectivity index is 1.45. The molecular weight excluding hydrogens is 344 g/mol. The maximum Gasteiger partial charge on any atom is 0.407 e. The van der Waals surface area contributed by atoms with Gasteiger partial charge in [-0.15, -0.1) is 0 Å². The predicted octanol–water partition coefficient (Wildman–Crippen LogP) is 3.20. The van der Waals surface area contributed by atoms with E-state index in [9.17, 15) is 9.59 Å². The topological polar surface area (TPSA) is 67.9 Å². The first-order chi connectivity index (χ1) is 12.7. The average Bonchev–Trinajstić information content (AvgIpc) is 2.96. The summed E-state index contributed by atoms with van der Waals surface area (Å²) in [6, 6.07) is 3.94. The molecule has 6 heteroatoms. The first kappa shape index (κ1) is 19.7. The molecule has 0 saturated carbocycles. The third-order valence-corrected chi connectivity index (χ3v) is 5.26. The lowest BCUT2D eigenvalue weighted by atomic mass is 9.96. The van der Waals surface area contributed by atoms with Crippen LogP contribution in [0.2, 0.25) is 0 Å². The number of likely N-dealkylation sites (tertiary alicyclic amines) is 1. The number of esters is 1. The van der Waals surface area contributed by atoms with Crippen LogP contribution in [-0.2, 0) is 22.5 Å². The Morgan fingerprint density at radius 3 is 2.67 bits per heavy atom. The van der Waals surface area contributed by atoms with Crippen LogP contribution in [0.1, 0.15) is 60.7 Å². The molecular formula is C21H30N2O4. The van der Waals surface area contributed by atoms with E-state index in [2.05, 4.69) is 17.1 Å². The first-order valence-corrected chi connectivity index (χ1v) is 9.72. The molecule has 0 atom stereocenters. The van der Waals surface area contributed by atoms with Crippen molar-refractivity contribution in [2.45, 2.75) is 65.2 Å². The van der Waals surface area contributed by atoms with E-state index in [4.69, 9.17) is 9.47 Å². The molecule has 0 bridgehead atoms. The molecule has 1 aromatic carbocycles. The van der Waals surface area contributed by atoms with Crippen molar-refractivity contribution in [2.75, 3.05) is 19.6 Å². The maximum absolute atomic E-state index is 11.9. The highest BCUT2D eigenvalue weighted by Gasteiger charge is 2.26. The van der Waals surface area contributed by atoms with Crippen molar-refractivity contribution in [2.24, 2.45) is 0 Å². The van der Waals surface area contributed by atoms with Crippen LogP contribution < -0.4 is 5.32 Å². The van der Waals surface area contributed by atoms with E-state index < -0.39 is 0 Å². The number of carbonyl (C=O) groups excluding carboxylic acids is 2. The van der Waals surface area contributed by atoms with E-state index in [1.165, 1.54) is 11.1 Å². The molecule has 0 unspecified atom stereocenters. The molecule has 0 spiro atoms. The molecule has 1 N–H and O–H groups in total. The zero-order valence-corrected chi connectivity index (χ0v) is 16.8. The normalized spacial score (nSPS) is 18.1. The first-order valence-electron chi connectivity index (χ1n) is 9.72. The minimum absolute atomic E-state index is 0.00603. The lowest BCUT2D eigenvalue weighted by Crippen LogP contribution is -2.44. The molecule has 2 aliphatic rings. The number of hydrogen-bond donors (Lipinski definition) is 1. The number of nitrogens with one attached hydrogen (secondary N) is 1. The van der Waals surface area contributed by atoms with Crippen LogP contribution in [0.4, 0.5) is 4.79 Å². The summed E-state index contributed by atoms with van der Waals surface area (Å²) in [7, 11) is 0. The number of amides is 1. The molecule has 148 valence electrons. The van der Waals surface area contributed by atoms with Gasteiger partial charge in [-0.25, -0.2) is 9.59 Å². The van der Waals surface area contributed by atoms with Gasteiger partial charge in [0.05, 0.1) is 5.56 Å². The van der Waals surface area contributed by atoms with Crippen molar-refractivity contribution < 1.29 is 19.1 Å². The van der Waals surface area contributed by atoms with Crippen molar-refractivity contribution in [3.05, 3.63) is 34.4 Å². The molecule has 3 rings (SSSR count). The summed E-state index contributed by atoms with van der Waals surface area (Å²) >= 11 is 0. The third-order valence-electron chi connectivity index (χ3n) is 5.26. The summed E-state index contributed by atoms with van der Waals surface area (Å²) in [4.78, 5) is 26.0. The standard InChI is InChI=1S/C21H30N2O4/c1-14-15(5-6-17-18(14)13-26-19(17)24)7-10-23-11-8-16(9-12-23)27-20(25)22-21(2,3)4/h5-6,16H,7-13H2,1-4H3,(H,22,25). The summed E-state index contributed by atoms with van der Waals surface area (Å²) in [5, 5.41) is 2.85. The van der Waals surface area contributed by atoms with Gasteiger partial charge in [0.25, 0.3) is 0 Å². The van der Waals surface area contributed by atoms with E-state index >= 15 is 0 Å². The predicted molar refractivity (Wildman–Crippen MR) is 103 cm³/mol. The smallest absolute Gasteiger partial charge is 0.407 e. The van der Waals surface area contributed by atoms with Crippen molar-refractivity contribution in [3.8, 4) is 0 Å². The Morgan fingerprint density at radius 1 is 1.30 bits per heavy atom. The fourth-order valence-corrected chi connectivity index (χ4v) is 3.69. The Morgan fingerprint density at radius 2 is 2.00 bits per heavy atom. The van der Waals surface area contributed by atoms with Crippen molar-refractivity contribution >= 4 is 12.1 Å². The van der Waals surface area contributed by atoms with Gasteiger partial charge in [-0.2, -0.15) is 0 Å². The van der Waals surface area contributed by atoms with Gasteiger partial charge in [-0.3, -0.25) is 0 Å². The highest BCUT2D eigenvalue weighted by atomic mass is 16.6. The highest BCUT2D eigenvalue weighted by Crippen LogP contribution is 2.26. The molecule has 2 aliphatic heterocycles. The Hall–Kier alpha value is -2.08. The highest BCUT2D eigenvalue weighted by molar-refractivity contribution is 5.93. The summed E-state index contributed by atoms with van der Waals surface area (Å²) < 4.78 is 10.7. The van der Waals surface area contributed by atoms with Gasteiger partial charge in [0, 0.05) is 30.7 Å². The van der Waals surface area contributed by atoms with Gasteiger partial charge in [0.15, 0.2) is 0 Å². The number of rotatable bonds is 4. The van der Waals surface area contributed by atoms with Crippen molar-refractivity contribution in [1.82, 2.24) is 10.2 Å². The zero-order chi connectivity index (χ0) is 19.6. The maximum atomic E-state index is 11.9. The number of benzene rings is 1. The third kappa shape index (κ3) is 5.01. The van der Waals surface area contributed by atoms with Gasteiger partial charge >= 0.3 is 12.1 Å². The van der Waals surface area contributed by atoms with Gasteiger partial charge in [-0.1, -0.05) is 6.07 Å². The molecule has 1 amide bonds. The minimum Gasteiger partial charge on any atom is -0.457 e. The van der Waals surface area contributed by atoms with Crippen LogP contribution in [-0.4, -0.2) is 48.2 Å². The number of cyclic esters (lactones) is 1. The van der Waals surface area contributed by atoms with E-state index in [0.29, 0.717) is 12.2 Å². The Kier molecular flexibility index (Phi) is 5.75. The van der Waals surface area contributed by atoms with Crippen LogP contribution in [0.5, 0.6) is 0 Å². The van der Waals surface area contributed by atoms with Crippen LogP contribution in [0.25, 0.3) is 0 Å². The van der Waals surface area contributed by atoms with Crippen LogP contribution >= 0.6 is 0 Å². The number of alkyl carbamates (subject to hydrolysis) is 1. The largest absolute Gasteiger partial charge is 0.457 e. The number of piperidine rings is 1. The number of fused-ring (bicyclic) bond motifs is 1. The molecule has 0 radical (unpaired) electrons. The number of nitrogens with zero attached hydrogens (tertiary/aromatic N) is 1. The number of ether oxygens (including phenoxy) is 2. The number of hydrogen-bond acceptors (Lipinski definition) is 5. The second-order valence-electron chi connectivity index (χ2n) is 8.52. The Bertz CT molecular complexity index is 716. The second-order valence-corrected chi connectivity index (χ2v) is 8.52. The molecule has 1 saturated heterocycles. The summed E-state index contributed by atoms with van der Waals surface area (Å²) in [5.74, 6) is -0.211. The lowest BCUT2D eigenvalue weighted by Gasteiger charge is -2.32. The molecule has 0 aromatic heterocycles. The van der Waals surface area contributed by atoms with E-state index in [1.54, 1.807) is 0 Å². The van der Waals surface area contributed by atoms with Gasteiger partial charge in [0.2, 0.25) is 0 Å². The fraction of sp³-hybridized carbons (Fsp3) is 0.619. The van der Waals surface area contributed by atoms with Gasteiger partial charge < -0.3 is 19.7 Å². The van der Waals surface area contributed by atoms with E-state index in [1.807, 2.05) is 32.9 Å². The van der Waals surface area contributed by atoms with Crippen LogP contribution in [0.3, 0.4) is 0 Å². The second kappa shape index (κ2) is 7.89. The number of carbonyl (C=O) groups is 2. The average molecular weight is 374 g/mol. The van der Waals surface area contributed by atoms with Crippen molar-refractivity contribution in [3.63, 3.8) is 0 Å². The molecule has 2 heterocycles. The quantitative estimate of drug-likeness (QED) is 0.820. The molecule has 0 aliphatic carbocycles. The van der Waals surface area contributed by atoms with Crippen molar-refractivity contribution in [1.29, 1.82) is 0 Å². The summed E-state index contributed by atoms with van der Waals surface area (Å²) in [6.45, 7) is 11.1. The lowest BCUT2D eigenvalue weighted by molar-refractivity contribution is 0.0474. The summed E-state index contributed by atoms with van der Waals surface area (Å²) in [6.07, 6.45) is 2.34. The minimum atomic E-state index is -0.327. The molecule has 1 fully saturated rings.